The molecule has 0 spiro atoms. The number of Topliss-reactive ketones (excluding diaryl/α,β-unsaturated/α-hetero) is 1. The fourth-order valence-corrected chi connectivity index (χ4v) is 3.09. The number of carbonyl (C=O) groups is 1. The largest absolute Gasteiger partial charge is 0.416 e. The van der Waals surface area contributed by atoms with Gasteiger partial charge in [-0.05, 0) is 23.8 Å². The highest BCUT2D eigenvalue weighted by Gasteiger charge is 2.37. The van der Waals surface area contributed by atoms with Crippen LogP contribution in [0.3, 0.4) is 0 Å². The summed E-state index contributed by atoms with van der Waals surface area (Å²) in [6.07, 6.45) is -4.31. The average molecular weight is 349 g/mol. The Bertz CT molecular complexity index is 840. The average Bonchev–Trinajstić information content (AvgIpc) is 2.91. The van der Waals surface area contributed by atoms with E-state index in [1.165, 1.54) is 0 Å². The molecule has 1 atom stereocenters. The SMILES string of the molecule is CNC1=C(c2cc(C(F)(F)F)ccc2F)C(=O)C(c2ccccc2)C1. The molecule has 0 aliphatic heterocycles. The number of alkyl halides is 3. The van der Waals surface area contributed by atoms with E-state index in [-0.39, 0.29) is 16.9 Å². The molecule has 25 heavy (non-hydrogen) atoms. The summed E-state index contributed by atoms with van der Waals surface area (Å²) in [5, 5.41) is 2.84. The van der Waals surface area contributed by atoms with Crippen molar-refractivity contribution in [3.63, 3.8) is 0 Å². The minimum atomic E-state index is -4.61. The molecule has 1 N–H and O–H groups in total. The second-order valence-corrected chi connectivity index (χ2v) is 5.83. The lowest BCUT2D eigenvalue weighted by Gasteiger charge is -2.12. The number of nitrogens with one attached hydrogen (secondary N) is 1. The van der Waals surface area contributed by atoms with Gasteiger partial charge in [0.15, 0.2) is 5.78 Å². The van der Waals surface area contributed by atoms with E-state index in [4.69, 9.17) is 0 Å². The van der Waals surface area contributed by atoms with Crippen molar-refractivity contribution in [2.45, 2.75) is 18.5 Å². The number of benzene rings is 2. The normalized spacial score (nSPS) is 18.0. The van der Waals surface area contributed by atoms with E-state index in [1.807, 2.05) is 6.07 Å². The van der Waals surface area contributed by atoms with Gasteiger partial charge in [0.2, 0.25) is 0 Å². The molecule has 130 valence electrons. The summed E-state index contributed by atoms with van der Waals surface area (Å²) in [5.74, 6) is -1.76. The molecule has 0 heterocycles. The van der Waals surface area contributed by atoms with E-state index < -0.39 is 23.5 Å². The van der Waals surface area contributed by atoms with Crippen molar-refractivity contribution in [3.8, 4) is 0 Å². The van der Waals surface area contributed by atoms with Crippen LogP contribution in [0.4, 0.5) is 17.6 Å². The Morgan fingerprint density at radius 1 is 1.08 bits per heavy atom. The number of ketones is 1. The number of hydrogen-bond donors (Lipinski definition) is 1. The van der Waals surface area contributed by atoms with Crippen LogP contribution in [0.25, 0.3) is 5.57 Å². The summed E-state index contributed by atoms with van der Waals surface area (Å²) in [6, 6.07) is 11.1. The molecule has 1 aliphatic rings. The van der Waals surface area contributed by atoms with Crippen molar-refractivity contribution in [3.05, 3.63) is 76.7 Å². The molecule has 3 rings (SSSR count). The van der Waals surface area contributed by atoms with Crippen LogP contribution in [-0.2, 0) is 11.0 Å². The van der Waals surface area contributed by atoms with Gasteiger partial charge in [-0.1, -0.05) is 30.3 Å². The van der Waals surface area contributed by atoms with Gasteiger partial charge < -0.3 is 5.32 Å². The lowest BCUT2D eigenvalue weighted by molar-refractivity contribution is -0.137. The molecule has 6 heteroatoms. The first-order valence-electron chi connectivity index (χ1n) is 7.70. The quantitative estimate of drug-likeness (QED) is 0.825. The van der Waals surface area contributed by atoms with Gasteiger partial charge in [-0.25, -0.2) is 4.39 Å². The number of rotatable bonds is 3. The minimum absolute atomic E-state index is 0.0139. The van der Waals surface area contributed by atoms with Crippen LogP contribution in [-0.4, -0.2) is 12.8 Å². The Labute approximate surface area is 142 Å². The van der Waals surface area contributed by atoms with E-state index >= 15 is 0 Å². The maximum absolute atomic E-state index is 14.2. The van der Waals surface area contributed by atoms with E-state index in [2.05, 4.69) is 5.32 Å². The summed E-state index contributed by atoms with van der Waals surface area (Å²) >= 11 is 0. The molecule has 0 saturated carbocycles. The molecular weight excluding hydrogens is 334 g/mol. The molecule has 0 amide bonds. The molecule has 0 aromatic heterocycles. The van der Waals surface area contributed by atoms with Crippen molar-refractivity contribution in [2.75, 3.05) is 7.05 Å². The highest BCUT2D eigenvalue weighted by molar-refractivity contribution is 6.26. The van der Waals surface area contributed by atoms with Crippen LogP contribution in [0.15, 0.2) is 54.2 Å². The minimum Gasteiger partial charge on any atom is -0.391 e. The number of halogens is 4. The first kappa shape index (κ1) is 17.2. The third-order valence-corrected chi connectivity index (χ3v) is 4.34. The Balaban J connectivity index is 2.08. The van der Waals surface area contributed by atoms with Gasteiger partial charge in [-0.3, -0.25) is 4.79 Å². The van der Waals surface area contributed by atoms with Crippen molar-refractivity contribution in [1.29, 1.82) is 0 Å². The molecule has 0 radical (unpaired) electrons. The maximum Gasteiger partial charge on any atom is 0.416 e. The summed E-state index contributed by atoms with van der Waals surface area (Å²) < 4.78 is 53.1. The van der Waals surface area contributed by atoms with Crippen LogP contribution in [0.5, 0.6) is 0 Å². The summed E-state index contributed by atoms with van der Waals surface area (Å²) in [5.41, 5.74) is -0.120. The summed E-state index contributed by atoms with van der Waals surface area (Å²) in [7, 11) is 1.57. The molecule has 0 bridgehead atoms. The third-order valence-electron chi connectivity index (χ3n) is 4.34. The predicted molar refractivity (Wildman–Crippen MR) is 86.2 cm³/mol. The van der Waals surface area contributed by atoms with Crippen molar-refractivity contribution >= 4 is 11.4 Å². The standard InChI is InChI=1S/C19H15F4NO/c1-24-16-10-13(11-5-3-2-4-6-11)18(25)17(16)14-9-12(19(21,22)23)7-8-15(14)20/h2-9,13,24H,10H2,1H3. The third kappa shape index (κ3) is 3.16. The highest BCUT2D eigenvalue weighted by Crippen LogP contribution is 2.41. The fraction of sp³-hybridized carbons (Fsp3) is 0.211. The maximum atomic E-state index is 14.2. The lowest BCUT2D eigenvalue weighted by atomic mass is 9.92. The summed E-state index contributed by atoms with van der Waals surface area (Å²) in [6.45, 7) is 0. The molecule has 0 fully saturated rings. The van der Waals surface area contributed by atoms with Crippen molar-refractivity contribution < 1.29 is 22.4 Å². The first-order chi connectivity index (χ1) is 11.8. The Morgan fingerprint density at radius 3 is 2.36 bits per heavy atom. The summed E-state index contributed by atoms with van der Waals surface area (Å²) in [4.78, 5) is 12.8. The zero-order valence-electron chi connectivity index (χ0n) is 13.3. The highest BCUT2D eigenvalue weighted by atomic mass is 19.4. The first-order valence-corrected chi connectivity index (χ1v) is 7.70. The van der Waals surface area contributed by atoms with Crippen LogP contribution in [0.2, 0.25) is 0 Å². The van der Waals surface area contributed by atoms with Crippen LogP contribution >= 0.6 is 0 Å². The predicted octanol–water partition coefficient (Wildman–Crippen LogP) is 4.53. The van der Waals surface area contributed by atoms with E-state index in [0.29, 0.717) is 24.3 Å². The second kappa shape index (κ2) is 6.35. The number of allylic oxidation sites excluding steroid dienone is 2. The van der Waals surface area contributed by atoms with E-state index in [0.717, 1.165) is 11.6 Å². The molecule has 0 saturated heterocycles. The number of hydrogen-bond acceptors (Lipinski definition) is 2. The van der Waals surface area contributed by atoms with Crippen LogP contribution < -0.4 is 5.32 Å². The Kier molecular flexibility index (Phi) is 4.37. The molecule has 2 aromatic rings. The second-order valence-electron chi connectivity index (χ2n) is 5.83. The van der Waals surface area contributed by atoms with Gasteiger partial charge in [0.05, 0.1) is 11.5 Å². The van der Waals surface area contributed by atoms with Gasteiger partial charge in [0, 0.05) is 30.3 Å². The molecule has 2 nitrogen and oxygen atoms in total. The van der Waals surface area contributed by atoms with E-state index in [9.17, 15) is 22.4 Å². The molecule has 2 aromatic carbocycles. The molecular formula is C19H15F4NO. The van der Waals surface area contributed by atoms with Crippen molar-refractivity contribution in [1.82, 2.24) is 5.32 Å². The van der Waals surface area contributed by atoms with E-state index in [1.54, 1.807) is 31.3 Å². The lowest BCUT2D eigenvalue weighted by Crippen LogP contribution is -2.11. The fourth-order valence-electron chi connectivity index (χ4n) is 3.09. The topological polar surface area (TPSA) is 29.1 Å². The zero-order valence-corrected chi connectivity index (χ0v) is 13.3. The van der Waals surface area contributed by atoms with Crippen LogP contribution in [0, 0.1) is 5.82 Å². The van der Waals surface area contributed by atoms with Gasteiger partial charge >= 0.3 is 6.18 Å². The van der Waals surface area contributed by atoms with Gasteiger partial charge in [0.1, 0.15) is 5.82 Å². The van der Waals surface area contributed by atoms with Gasteiger partial charge in [0.25, 0.3) is 0 Å². The molecule has 1 aliphatic carbocycles. The molecule has 1 unspecified atom stereocenters. The van der Waals surface area contributed by atoms with Crippen LogP contribution in [0.1, 0.15) is 29.0 Å². The van der Waals surface area contributed by atoms with Gasteiger partial charge in [-0.2, -0.15) is 13.2 Å². The number of carbonyl (C=O) groups excluding carboxylic acids is 1. The Morgan fingerprint density at radius 2 is 1.76 bits per heavy atom. The smallest absolute Gasteiger partial charge is 0.391 e. The van der Waals surface area contributed by atoms with Gasteiger partial charge in [-0.15, -0.1) is 0 Å². The Hall–Kier alpha value is -2.63. The zero-order chi connectivity index (χ0) is 18.2. The van der Waals surface area contributed by atoms with Crippen molar-refractivity contribution in [2.24, 2.45) is 0 Å². The monoisotopic (exact) mass is 349 g/mol.